The van der Waals surface area contributed by atoms with Gasteiger partial charge in [0.2, 0.25) is 0 Å². The number of nitrogens with zero attached hydrogens (tertiary/aromatic N) is 4. The van der Waals surface area contributed by atoms with Crippen LogP contribution < -0.4 is 0 Å². The summed E-state index contributed by atoms with van der Waals surface area (Å²) in [6.45, 7) is 4.81. The summed E-state index contributed by atoms with van der Waals surface area (Å²) in [7, 11) is 1.89. The van der Waals surface area contributed by atoms with Gasteiger partial charge >= 0.3 is 5.97 Å². The molecule has 2 aromatic heterocycles. The lowest BCUT2D eigenvalue weighted by atomic mass is 10.2. The van der Waals surface area contributed by atoms with E-state index < -0.39 is 0 Å². The fraction of sp³-hybridized carbons (Fsp3) is 0.643. The fourth-order valence-electron chi connectivity index (χ4n) is 2.47. The zero-order chi connectivity index (χ0) is 15.4. The summed E-state index contributed by atoms with van der Waals surface area (Å²) in [4.78, 5) is 16.1. The molecule has 21 heavy (non-hydrogen) atoms. The first-order valence-corrected chi connectivity index (χ1v) is 7.78. The molecular weight excluding hydrogens is 292 g/mol. The number of aryl methyl sites for hydroxylation is 3. The van der Waals surface area contributed by atoms with Crippen molar-refractivity contribution in [2.24, 2.45) is 7.05 Å². The molecule has 0 aromatic carbocycles. The van der Waals surface area contributed by atoms with Crippen molar-refractivity contribution in [2.75, 3.05) is 6.61 Å². The number of imidazole rings is 1. The van der Waals surface area contributed by atoms with Gasteiger partial charge < -0.3 is 9.30 Å². The summed E-state index contributed by atoms with van der Waals surface area (Å²) in [6.07, 6.45) is 2.20. The van der Waals surface area contributed by atoms with Gasteiger partial charge in [0.25, 0.3) is 0 Å². The second-order valence-electron chi connectivity index (χ2n) is 4.86. The Morgan fingerprint density at radius 3 is 2.76 bits per heavy atom. The van der Waals surface area contributed by atoms with Gasteiger partial charge in [0.05, 0.1) is 24.6 Å². The predicted molar refractivity (Wildman–Crippen MR) is 81.3 cm³/mol. The molecule has 2 aromatic rings. The smallest absolute Gasteiger partial charge is 0.307 e. The third-order valence-corrected chi connectivity index (χ3v) is 3.56. The SMILES string of the molecule is CCCc1nn(C)c2c1nc(CCl)n2CCC(=O)OCC. The molecule has 2 heterocycles. The largest absolute Gasteiger partial charge is 0.466 e. The normalized spacial score (nSPS) is 11.2. The van der Waals surface area contributed by atoms with E-state index in [0.29, 0.717) is 25.5 Å². The van der Waals surface area contributed by atoms with Crippen molar-refractivity contribution in [3.63, 3.8) is 0 Å². The van der Waals surface area contributed by atoms with Crippen LogP contribution in [0.5, 0.6) is 0 Å². The number of aromatic nitrogens is 4. The van der Waals surface area contributed by atoms with Crippen LogP contribution in [0.4, 0.5) is 0 Å². The Bertz CT molecular complexity index is 632. The molecule has 2 rings (SSSR count). The number of rotatable bonds is 7. The van der Waals surface area contributed by atoms with Crippen LogP contribution in [0.1, 0.15) is 38.2 Å². The molecule has 0 radical (unpaired) electrons. The van der Waals surface area contributed by atoms with Crippen molar-refractivity contribution >= 4 is 28.7 Å². The second kappa shape index (κ2) is 6.93. The molecule has 0 aliphatic heterocycles. The number of esters is 1. The Balaban J connectivity index is 2.34. The van der Waals surface area contributed by atoms with Gasteiger partial charge in [-0.25, -0.2) is 4.98 Å². The molecule has 0 atom stereocenters. The fourth-order valence-corrected chi connectivity index (χ4v) is 2.67. The third-order valence-electron chi connectivity index (χ3n) is 3.32. The average molecular weight is 313 g/mol. The highest BCUT2D eigenvalue weighted by atomic mass is 35.5. The van der Waals surface area contributed by atoms with Gasteiger partial charge in [0.1, 0.15) is 11.3 Å². The van der Waals surface area contributed by atoms with Crippen molar-refractivity contribution < 1.29 is 9.53 Å². The van der Waals surface area contributed by atoms with Gasteiger partial charge in [-0.05, 0) is 13.3 Å². The molecule has 0 bridgehead atoms. The molecule has 116 valence electrons. The van der Waals surface area contributed by atoms with E-state index in [-0.39, 0.29) is 5.97 Å². The van der Waals surface area contributed by atoms with E-state index in [1.807, 2.05) is 16.3 Å². The minimum atomic E-state index is -0.212. The maximum absolute atomic E-state index is 11.6. The number of alkyl halides is 1. The van der Waals surface area contributed by atoms with Crippen LogP contribution in [0.15, 0.2) is 0 Å². The molecule has 6 nitrogen and oxygen atoms in total. The van der Waals surface area contributed by atoms with Crippen LogP contribution in [0.3, 0.4) is 0 Å². The number of fused-ring (bicyclic) bond motifs is 1. The first-order valence-electron chi connectivity index (χ1n) is 7.24. The van der Waals surface area contributed by atoms with Crippen molar-refractivity contribution in [2.45, 2.75) is 45.5 Å². The van der Waals surface area contributed by atoms with E-state index >= 15 is 0 Å². The Hall–Kier alpha value is -1.56. The lowest BCUT2D eigenvalue weighted by Gasteiger charge is -2.07. The third kappa shape index (κ3) is 3.20. The molecule has 7 heteroatoms. The van der Waals surface area contributed by atoms with Crippen LogP contribution in [0, 0.1) is 0 Å². The predicted octanol–water partition coefficient (Wildman–Crippen LogP) is 2.41. The van der Waals surface area contributed by atoms with Crippen LogP contribution in [0.2, 0.25) is 0 Å². The summed E-state index contributed by atoms with van der Waals surface area (Å²) in [6, 6.07) is 0. The van der Waals surface area contributed by atoms with Gasteiger partial charge in [-0.1, -0.05) is 13.3 Å². The molecule has 0 amide bonds. The number of hydrogen-bond acceptors (Lipinski definition) is 4. The van der Waals surface area contributed by atoms with E-state index in [9.17, 15) is 4.79 Å². The Morgan fingerprint density at radius 1 is 1.38 bits per heavy atom. The van der Waals surface area contributed by atoms with Gasteiger partial charge in [-0.15, -0.1) is 11.6 Å². The maximum Gasteiger partial charge on any atom is 0.307 e. The van der Waals surface area contributed by atoms with Crippen LogP contribution >= 0.6 is 11.6 Å². The highest BCUT2D eigenvalue weighted by molar-refractivity contribution is 6.16. The second-order valence-corrected chi connectivity index (χ2v) is 5.13. The number of halogens is 1. The highest BCUT2D eigenvalue weighted by Gasteiger charge is 2.19. The molecule has 0 saturated heterocycles. The number of carbonyl (C=O) groups is 1. The summed E-state index contributed by atoms with van der Waals surface area (Å²) in [5.74, 6) is 0.862. The van der Waals surface area contributed by atoms with Crippen molar-refractivity contribution in [1.29, 1.82) is 0 Å². The van der Waals surface area contributed by atoms with Gasteiger partial charge in [-0.3, -0.25) is 9.48 Å². The number of ether oxygens (including phenoxy) is 1. The van der Waals surface area contributed by atoms with E-state index in [0.717, 1.165) is 35.5 Å². The summed E-state index contributed by atoms with van der Waals surface area (Å²) < 4.78 is 8.75. The minimum Gasteiger partial charge on any atom is -0.466 e. The van der Waals surface area contributed by atoms with E-state index in [4.69, 9.17) is 16.3 Å². The Kier molecular flexibility index (Phi) is 5.22. The molecular formula is C14H21ClN4O2. The Labute approximate surface area is 129 Å². The minimum absolute atomic E-state index is 0.212. The van der Waals surface area contributed by atoms with Crippen molar-refractivity contribution in [3.8, 4) is 0 Å². The zero-order valence-electron chi connectivity index (χ0n) is 12.7. The number of hydrogen-bond donors (Lipinski definition) is 0. The van der Waals surface area contributed by atoms with Crippen LogP contribution in [-0.2, 0) is 35.4 Å². The van der Waals surface area contributed by atoms with E-state index in [2.05, 4.69) is 17.0 Å². The van der Waals surface area contributed by atoms with E-state index in [1.54, 1.807) is 6.92 Å². The summed E-state index contributed by atoms with van der Waals surface area (Å²) in [5, 5.41) is 4.51. The molecule has 0 N–H and O–H groups in total. The molecule has 0 unspecified atom stereocenters. The van der Waals surface area contributed by atoms with E-state index in [1.165, 1.54) is 0 Å². The summed E-state index contributed by atoms with van der Waals surface area (Å²) in [5.41, 5.74) is 2.79. The molecule has 0 aliphatic carbocycles. The van der Waals surface area contributed by atoms with Crippen LogP contribution in [0.25, 0.3) is 11.2 Å². The lowest BCUT2D eigenvalue weighted by molar-refractivity contribution is -0.143. The monoisotopic (exact) mass is 312 g/mol. The van der Waals surface area contributed by atoms with Crippen LogP contribution in [-0.4, -0.2) is 31.9 Å². The molecule has 0 fully saturated rings. The van der Waals surface area contributed by atoms with Crippen molar-refractivity contribution in [1.82, 2.24) is 19.3 Å². The van der Waals surface area contributed by atoms with Gasteiger partial charge in [0.15, 0.2) is 5.65 Å². The maximum atomic E-state index is 11.6. The highest BCUT2D eigenvalue weighted by Crippen LogP contribution is 2.22. The number of carbonyl (C=O) groups excluding carboxylic acids is 1. The first-order chi connectivity index (χ1) is 10.1. The average Bonchev–Trinajstić information content (AvgIpc) is 2.96. The Morgan fingerprint density at radius 2 is 2.14 bits per heavy atom. The van der Waals surface area contributed by atoms with Gasteiger partial charge in [0, 0.05) is 13.6 Å². The zero-order valence-corrected chi connectivity index (χ0v) is 13.5. The molecule has 0 spiro atoms. The first kappa shape index (κ1) is 15.8. The lowest BCUT2D eigenvalue weighted by Crippen LogP contribution is -2.12. The quantitative estimate of drug-likeness (QED) is 0.582. The van der Waals surface area contributed by atoms with Gasteiger partial charge in [-0.2, -0.15) is 5.10 Å². The van der Waals surface area contributed by atoms with Crippen molar-refractivity contribution in [3.05, 3.63) is 11.5 Å². The topological polar surface area (TPSA) is 61.9 Å². The molecule has 0 saturated carbocycles. The molecule has 0 aliphatic rings. The standard InChI is InChI=1S/C14H21ClN4O2/c1-4-6-10-13-14(18(3)17-10)19(11(9-15)16-13)8-7-12(20)21-5-2/h4-9H2,1-3H3. The summed E-state index contributed by atoms with van der Waals surface area (Å²) >= 11 is 5.99.